The molecule has 1 amide bonds. The van der Waals surface area contributed by atoms with Gasteiger partial charge in [0.25, 0.3) is 0 Å². The second-order valence-corrected chi connectivity index (χ2v) is 4.93. The van der Waals surface area contributed by atoms with E-state index in [0.29, 0.717) is 0 Å². The zero-order chi connectivity index (χ0) is 14.4. The van der Waals surface area contributed by atoms with Crippen LogP contribution in [0.15, 0.2) is 43.0 Å². The van der Waals surface area contributed by atoms with Gasteiger partial charge in [-0.3, -0.25) is 4.79 Å². The molecule has 0 N–H and O–H groups in total. The maximum atomic E-state index is 11.8. The highest BCUT2D eigenvalue weighted by Gasteiger charge is 2.11. The van der Waals surface area contributed by atoms with Crippen molar-refractivity contribution in [1.82, 2.24) is 9.55 Å². The molecule has 1 heterocycles. The predicted molar refractivity (Wildman–Crippen MR) is 80.7 cm³/mol. The largest absolute Gasteiger partial charge is 0.333 e. The molecule has 0 spiro atoms. The summed E-state index contributed by atoms with van der Waals surface area (Å²) in [7, 11) is 0. The van der Waals surface area contributed by atoms with Crippen molar-refractivity contribution in [3.05, 3.63) is 48.5 Å². The van der Waals surface area contributed by atoms with Gasteiger partial charge in [-0.2, -0.15) is 0 Å². The van der Waals surface area contributed by atoms with Crippen molar-refractivity contribution in [3.8, 4) is 0 Å². The van der Waals surface area contributed by atoms with Crippen LogP contribution in [-0.4, -0.2) is 22.0 Å². The van der Waals surface area contributed by atoms with E-state index in [1.54, 1.807) is 19.4 Å². The number of aromatic nitrogens is 2. The molecule has 4 heteroatoms. The molecule has 4 nitrogen and oxygen atoms in total. The van der Waals surface area contributed by atoms with Crippen molar-refractivity contribution >= 4 is 11.6 Å². The Morgan fingerprint density at radius 3 is 2.90 bits per heavy atom. The number of carbonyl (C=O) groups is 1. The van der Waals surface area contributed by atoms with Gasteiger partial charge >= 0.3 is 0 Å². The first-order valence-electron chi connectivity index (χ1n) is 7.03. The van der Waals surface area contributed by atoms with Crippen molar-refractivity contribution in [2.45, 2.75) is 33.2 Å². The number of nitrogens with zero attached hydrogens (tertiary/aromatic N) is 3. The van der Waals surface area contributed by atoms with Crippen LogP contribution in [0.5, 0.6) is 0 Å². The van der Waals surface area contributed by atoms with Crippen molar-refractivity contribution in [2.75, 3.05) is 11.4 Å². The van der Waals surface area contributed by atoms with Crippen LogP contribution in [0, 0.1) is 0 Å². The number of carbonyl (C=O) groups excluding carboxylic acids is 1. The smallest absolute Gasteiger partial charge is 0.223 e. The SMILES string of the molecule is CCCCN(C(C)=O)c1cccc(Cn2ccnc2)c1. The summed E-state index contributed by atoms with van der Waals surface area (Å²) in [6.45, 7) is 5.31. The van der Waals surface area contributed by atoms with E-state index in [9.17, 15) is 4.79 Å². The van der Waals surface area contributed by atoms with Gasteiger partial charge in [0, 0.05) is 38.1 Å². The molecular weight excluding hydrogens is 250 g/mol. The first-order valence-corrected chi connectivity index (χ1v) is 7.03. The van der Waals surface area contributed by atoms with Gasteiger partial charge < -0.3 is 9.47 Å². The van der Waals surface area contributed by atoms with Crippen LogP contribution < -0.4 is 4.90 Å². The van der Waals surface area contributed by atoms with E-state index in [2.05, 4.69) is 24.0 Å². The van der Waals surface area contributed by atoms with Gasteiger partial charge in [0.2, 0.25) is 5.91 Å². The minimum atomic E-state index is 0.0956. The third-order valence-corrected chi connectivity index (χ3v) is 3.26. The second kappa shape index (κ2) is 6.89. The summed E-state index contributed by atoms with van der Waals surface area (Å²) in [6.07, 6.45) is 7.61. The lowest BCUT2D eigenvalue weighted by Crippen LogP contribution is -2.29. The Balaban J connectivity index is 2.16. The minimum Gasteiger partial charge on any atom is -0.333 e. The molecule has 0 saturated carbocycles. The third-order valence-electron chi connectivity index (χ3n) is 3.26. The van der Waals surface area contributed by atoms with E-state index in [1.807, 2.05) is 27.8 Å². The fourth-order valence-corrected chi connectivity index (χ4v) is 2.20. The Labute approximate surface area is 120 Å². The molecule has 1 aromatic heterocycles. The Bertz CT molecular complexity index is 549. The van der Waals surface area contributed by atoms with E-state index >= 15 is 0 Å². The number of rotatable bonds is 6. The van der Waals surface area contributed by atoms with Gasteiger partial charge in [0.1, 0.15) is 0 Å². The summed E-state index contributed by atoms with van der Waals surface area (Å²) in [5.41, 5.74) is 2.15. The minimum absolute atomic E-state index is 0.0956. The molecule has 106 valence electrons. The number of anilines is 1. The molecule has 20 heavy (non-hydrogen) atoms. The number of amides is 1. The van der Waals surface area contributed by atoms with Gasteiger partial charge in [-0.25, -0.2) is 4.98 Å². The van der Waals surface area contributed by atoms with Crippen LogP contribution in [0.2, 0.25) is 0 Å². The fourth-order valence-electron chi connectivity index (χ4n) is 2.20. The van der Waals surface area contributed by atoms with E-state index in [4.69, 9.17) is 0 Å². The standard InChI is InChI=1S/C16H21N3O/c1-3-4-9-19(14(2)20)16-7-5-6-15(11-16)12-18-10-8-17-13-18/h5-8,10-11,13H,3-4,9,12H2,1-2H3. The van der Waals surface area contributed by atoms with Crippen LogP contribution in [-0.2, 0) is 11.3 Å². The number of unbranched alkanes of at least 4 members (excludes halogenated alkanes) is 1. The van der Waals surface area contributed by atoms with E-state index in [1.165, 1.54) is 5.56 Å². The molecule has 0 radical (unpaired) electrons. The molecule has 0 bridgehead atoms. The third kappa shape index (κ3) is 3.70. The quantitative estimate of drug-likeness (QED) is 0.809. The lowest BCUT2D eigenvalue weighted by molar-refractivity contribution is -0.116. The predicted octanol–water partition coefficient (Wildman–Crippen LogP) is 3.08. The number of benzene rings is 1. The normalized spacial score (nSPS) is 10.5. The van der Waals surface area contributed by atoms with Crippen molar-refractivity contribution < 1.29 is 4.79 Å². The number of hydrogen-bond acceptors (Lipinski definition) is 2. The summed E-state index contributed by atoms with van der Waals surface area (Å²) in [5.74, 6) is 0.0956. The summed E-state index contributed by atoms with van der Waals surface area (Å²) < 4.78 is 2.02. The highest BCUT2D eigenvalue weighted by atomic mass is 16.2. The number of hydrogen-bond donors (Lipinski definition) is 0. The molecule has 0 aliphatic rings. The van der Waals surface area contributed by atoms with E-state index in [0.717, 1.165) is 31.6 Å². The Morgan fingerprint density at radius 2 is 2.25 bits per heavy atom. The zero-order valence-corrected chi connectivity index (χ0v) is 12.1. The van der Waals surface area contributed by atoms with Crippen LogP contribution in [0.3, 0.4) is 0 Å². The van der Waals surface area contributed by atoms with Crippen molar-refractivity contribution in [3.63, 3.8) is 0 Å². The molecule has 2 rings (SSSR count). The summed E-state index contributed by atoms with van der Waals surface area (Å²) in [6, 6.07) is 8.15. The molecule has 0 saturated heterocycles. The van der Waals surface area contributed by atoms with Gasteiger partial charge in [-0.15, -0.1) is 0 Å². The molecule has 1 aromatic carbocycles. The van der Waals surface area contributed by atoms with Crippen LogP contribution in [0.1, 0.15) is 32.3 Å². The van der Waals surface area contributed by atoms with E-state index < -0.39 is 0 Å². The fraction of sp³-hybridized carbons (Fsp3) is 0.375. The highest BCUT2D eigenvalue weighted by Crippen LogP contribution is 2.18. The number of imidazole rings is 1. The average molecular weight is 271 g/mol. The molecular formula is C16H21N3O. The first-order chi connectivity index (χ1) is 9.70. The molecule has 0 aliphatic carbocycles. The molecule has 0 unspecified atom stereocenters. The summed E-state index contributed by atoms with van der Waals surface area (Å²) in [4.78, 5) is 17.7. The average Bonchev–Trinajstić information content (AvgIpc) is 2.92. The molecule has 0 aliphatic heterocycles. The van der Waals surface area contributed by atoms with Crippen LogP contribution >= 0.6 is 0 Å². The zero-order valence-electron chi connectivity index (χ0n) is 12.1. The van der Waals surface area contributed by atoms with Crippen molar-refractivity contribution in [2.24, 2.45) is 0 Å². The lowest BCUT2D eigenvalue weighted by Gasteiger charge is -2.21. The maximum absolute atomic E-state index is 11.8. The van der Waals surface area contributed by atoms with E-state index in [-0.39, 0.29) is 5.91 Å². The molecule has 0 fully saturated rings. The highest BCUT2D eigenvalue weighted by molar-refractivity contribution is 5.91. The Kier molecular flexibility index (Phi) is 4.93. The molecule has 0 atom stereocenters. The first kappa shape index (κ1) is 14.3. The topological polar surface area (TPSA) is 38.1 Å². The van der Waals surface area contributed by atoms with Gasteiger partial charge in [-0.1, -0.05) is 25.5 Å². The monoisotopic (exact) mass is 271 g/mol. The summed E-state index contributed by atoms with van der Waals surface area (Å²) >= 11 is 0. The Morgan fingerprint density at radius 1 is 1.40 bits per heavy atom. The summed E-state index contributed by atoms with van der Waals surface area (Å²) in [5, 5.41) is 0. The lowest BCUT2D eigenvalue weighted by atomic mass is 10.1. The maximum Gasteiger partial charge on any atom is 0.223 e. The van der Waals surface area contributed by atoms with Gasteiger partial charge in [0.15, 0.2) is 0 Å². The van der Waals surface area contributed by atoms with Gasteiger partial charge in [-0.05, 0) is 24.1 Å². The van der Waals surface area contributed by atoms with Gasteiger partial charge in [0.05, 0.1) is 6.33 Å². The molecule has 2 aromatic rings. The van der Waals surface area contributed by atoms with Crippen LogP contribution in [0.4, 0.5) is 5.69 Å². The Hall–Kier alpha value is -2.10. The van der Waals surface area contributed by atoms with Crippen LogP contribution in [0.25, 0.3) is 0 Å². The van der Waals surface area contributed by atoms with Crippen molar-refractivity contribution in [1.29, 1.82) is 0 Å². The second-order valence-electron chi connectivity index (χ2n) is 4.93.